The summed E-state index contributed by atoms with van der Waals surface area (Å²) >= 11 is 1.61. The van der Waals surface area contributed by atoms with E-state index >= 15 is 0 Å². The van der Waals surface area contributed by atoms with Crippen molar-refractivity contribution < 1.29 is 9.13 Å². The van der Waals surface area contributed by atoms with Gasteiger partial charge < -0.3 is 9.64 Å². The Morgan fingerprint density at radius 1 is 1.16 bits per heavy atom. The highest BCUT2D eigenvalue weighted by molar-refractivity contribution is 7.19. The zero-order valence-electron chi connectivity index (χ0n) is 17.2. The van der Waals surface area contributed by atoms with Crippen molar-refractivity contribution in [1.82, 2.24) is 14.5 Å². The lowest BCUT2D eigenvalue weighted by molar-refractivity contribution is 0.305. The number of hydrogen-bond donors (Lipinski definition) is 0. The minimum absolute atomic E-state index is 0.228. The summed E-state index contributed by atoms with van der Waals surface area (Å²) in [5.74, 6) is 1.40. The van der Waals surface area contributed by atoms with Crippen LogP contribution in [0.5, 0.6) is 5.75 Å². The summed E-state index contributed by atoms with van der Waals surface area (Å²) in [4.78, 5) is 24.0. The maximum atomic E-state index is 13.4. The van der Waals surface area contributed by atoms with E-state index in [1.807, 2.05) is 37.2 Å². The highest BCUT2D eigenvalue weighted by atomic mass is 32.1. The molecule has 8 heteroatoms. The van der Waals surface area contributed by atoms with Crippen molar-refractivity contribution in [2.75, 3.05) is 19.0 Å². The molecule has 1 aliphatic carbocycles. The molecule has 1 aliphatic rings. The molecule has 2 aromatic carbocycles. The largest absolute Gasteiger partial charge is 0.489 e. The van der Waals surface area contributed by atoms with E-state index in [1.54, 1.807) is 34.1 Å². The Hall–Kier alpha value is -3.26. The molecule has 1 fully saturated rings. The SMILES string of the molecule is CN(C)c1nc(=O)n(-c2cccc(OCc3cccc(F)c3)c2)c2nc(C3CC3)sc12. The van der Waals surface area contributed by atoms with E-state index in [1.165, 1.54) is 12.1 Å². The summed E-state index contributed by atoms with van der Waals surface area (Å²) in [7, 11) is 3.76. The number of benzene rings is 2. The fourth-order valence-electron chi connectivity index (χ4n) is 3.45. The molecule has 0 saturated heterocycles. The van der Waals surface area contributed by atoms with Gasteiger partial charge in [0.2, 0.25) is 0 Å². The summed E-state index contributed by atoms with van der Waals surface area (Å²) in [6.45, 7) is 0.228. The van der Waals surface area contributed by atoms with E-state index in [4.69, 9.17) is 9.72 Å². The summed E-state index contributed by atoms with van der Waals surface area (Å²) in [5, 5.41) is 1.05. The van der Waals surface area contributed by atoms with Gasteiger partial charge in [-0.2, -0.15) is 4.98 Å². The molecule has 1 saturated carbocycles. The van der Waals surface area contributed by atoms with Crippen LogP contribution in [-0.2, 0) is 6.61 Å². The maximum absolute atomic E-state index is 13.4. The van der Waals surface area contributed by atoms with Gasteiger partial charge in [0.25, 0.3) is 0 Å². The molecule has 0 atom stereocenters. The van der Waals surface area contributed by atoms with Gasteiger partial charge >= 0.3 is 5.69 Å². The van der Waals surface area contributed by atoms with Crippen LogP contribution in [0.2, 0.25) is 0 Å². The topological polar surface area (TPSA) is 60.2 Å². The number of thiazole rings is 1. The molecule has 0 radical (unpaired) electrons. The molecule has 158 valence electrons. The Bertz CT molecular complexity index is 1330. The molecule has 0 spiro atoms. The van der Waals surface area contributed by atoms with Gasteiger partial charge in [0.15, 0.2) is 11.5 Å². The maximum Gasteiger partial charge on any atom is 0.355 e. The third-order valence-electron chi connectivity index (χ3n) is 5.15. The van der Waals surface area contributed by atoms with Gasteiger partial charge in [0, 0.05) is 26.1 Å². The van der Waals surface area contributed by atoms with Gasteiger partial charge in [-0.05, 0) is 42.7 Å². The van der Waals surface area contributed by atoms with Crippen molar-refractivity contribution in [3.8, 4) is 11.4 Å². The summed E-state index contributed by atoms with van der Waals surface area (Å²) in [6, 6.07) is 13.5. The van der Waals surface area contributed by atoms with Crippen LogP contribution in [0.4, 0.5) is 10.2 Å². The number of hydrogen-bond acceptors (Lipinski definition) is 6. The van der Waals surface area contributed by atoms with Crippen molar-refractivity contribution in [1.29, 1.82) is 0 Å². The van der Waals surface area contributed by atoms with Crippen molar-refractivity contribution >= 4 is 27.5 Å². The van der Waals surface area contributed by atoms with Gasteiger partial charge in [-0.1, -0.05) is 18.2 Å². The molecule has 6 nitrogen and oxygen atoms in total. The minimum atomic E-state index is -0.383. The van der Waals surface area contributed by atoms with Gasteiger partial charge in [0.05, 0.1) is 10.7 Å². The summed E-state index contributed by atoms with van der Waals surface area (Å²) in [5.41, 5.74) is 1.61. The average molecular weight is 437 g/mol. The quantitative estimate of drug-likeness (QED) is 0.445. The van der Waals surface area contributed by atoms with Crippen LogP contribution in [0.3, 0.4) is 0 Å². The highest BCUT2D eigenvalue weighted by Gasteiger charge is 2.29. The monoisotopic (exact) mass is 436 g/mol. The van der Waals surface area contributed by atoms with Crippen LogP contribution in [0.1, 0.15) is 29.3 Å². The lowest BCUT2D eigenvalue weighted by atomic mass is 10.2. The van der Waals surface area contributed by atoms with Gasteiger partial charge in [-0.15, -0.1) is 11.3 Å². The number of halogens is 1. The van der Waals surface area contributed by atoms with Gasteiger partial charge in [-0.3, -0.25) is 0 Å². The first-order chi connectivity index (χ1) is 15.0. The molecule has 2 heterocycles. The van der Waals surface area contributed by atoms with Crippen LogP contribution >= 0.6 is 11.3 Å². The first-order valence-electron chi connectivity index (χ1n) is 10.1. The molecule has 0 bridgehead atoms. The first-order valence-corrected chi connectivity index (χ1v) is 10.9. The molecule has 4 aromatic rings. The molecule has 0 amide bonds. The van der Waals surface area contributed by atoms with E-state index < -0.39 is 0 Å². The van der Waals surface area contributed by atoms with E-state index in [0.717, 1.165) is 28.1 Å². The Morgan fingerprint density at radius 2 is 1.97 bits per heavy atom. The molecule has 2 aromatic heterocycles. The molecule has 31 heavy (non-hydrogen) atoms. The minimum Gasteiger partial charge on any atom is -0.489 e. The van der Waals surface area contributed by atoms with E-state index in [9.17, 15) is 9.18 Å². The van der Waals surface area contributed by atoms with Crippen LogP contribution in [0, 0.1) is 5.82 Å². The number of anilines is 1. The second-order valence-corrected chi connectivity index (χ2v) is 8.87. The Kier molecular flexibility index (Phi) is 4.94. The normalized spacial score (nSPS) is 13.5. The molecule has 0 aliphatic heterocycles. The smallest absolute Gasteiger partial charge is 0.355 e. The zero-order valence-corrected chi connectivity index (χ0v) is 18.0. The Balaban J connectivity index is 1.54. The lowest BCUT2D eigenvalue weighted by Gasteiger charge is -2.14. The molecule has 0 unspecified atom stereocenters. The number of fused-ring (bicyclic) bond motifs is 1. The standard InChI is InChI=1S/C23H21FN4O2S/c1-27(2)20-19-21(25-22(31-19)15-9-10-15)28(23(29)26-20)17-7-4-8-18(12-17)30-13-14-5-3-6-16(24)11-14/h3-8,11-12,15H,9-10,13H2,1-2H3. The summed E-state index contributed by atoms with van der Waals surface area (Å²) in [6.07, 6.45) is 2.27. The van der Waals surface area contributed by atoms with Gasteiger partial charge in [0.1, 0.15) is 22.9 Å². The van der Waals surface area contributed by atoms with Crippen LogP contribution < -0.4 is 15.3 Å². The molecule has 0 N–H and O–H groups in total. The van der Waals surface area contributed by atoms with E-state index in [0.29, 0.717) is 28.8 Å². The van der Waals surface area contributed by atoms with Crippen LogP contribution in [0.15, 0.2) is 53.3 Å². The van der Waals surface area contributed by atoms with E-state index in [2.05, 4.69) is 4.98 Å². The fourth-order valence-corrected chi connectivity index (χ4v) is 4.75. The Labute approximate surface area is 182 Å². The molecular weight excluding hydrogens is 415 g/mol. The number of rotatable bonds is 6. The Morgan fingerprint density at radius 3 is 2.71 bits per heavy atom. The lowest BCUT2D eigenvalue weighted by Crippen LogP contribution is -2.25. The van der Waals surface area contributed by atoms with Crippen molar-refractivity contribution in [3.05, 3.63) is 75.4 Å². The number of ether oxygens (including phenoxy) is 1. The highest BCUT2D eigenvalue weighted by Crippen LogP contribution is 2.44. The van der Waals surface area contributed by atoms with Crippen molar-refractivity contribution in [3.63, 3.8) is 0 Å². The predicted octanol–water partition coefficient (Wildman–Crippen LogP) is 4.50. The third-order valence-corrected chi connectivity index (χ3v) is 6.36. The van der Waals surface area contributed by atoms with Crippen molar-refractivity contribution in [2.45, 2.75) is 25.4 Å². The number of nitrogens with zero attached hydrogens (tertiary/aromatic N) is 4. The molecule has 5 rings (SSSR count). The fraction of sp³-hybridized carbons (Fsp3) is 0.261. The zero-order chi connectivity index (χ0) is 21.5. The van der Waals surface area contributed by atoms with Gasteiger partial charge in [-0.25, -0.2) is 18.7 Å². The van der Waals surface area contributed by atoms with E-state index in [-0.39, 0.29) is 18.1 Å². The average Bonchev–Trinajstić information content (AvgIpc) is 3.51. The predicted molar refractivity (Wildman–Crippen MR) is 120 cm³/mol. The molecular formula is C23H21FN4O2S. The summed E-state index contributed by atoms with van der Waals surface area (Å²) < 4.78 is 21.7. The van der Waals surface area contributed by atoms with Crippen molar-refractivity contribution in [2.24, 2.45) is 0 Å². The second-order valence-electron chi connectivity index (χ2n) is 7.84. The van der Waals surface area contributed by atoms with Crippen LogP contribution in [0.25, 0.3) is 16.0 Å². The van der Waals surface area contributed by atoms with Crippen LogP contribution in [-0.4, -0.2) is 28.6 Å². The second kappa shape index (κ2) is 7.77. The third kappa shape index (κ3) is 3.90. The number of aromatic nitrogens is 3. The first kappa shape index (κ1) is 19.7.